The zero-order valence-electron chi connectivity index (χ0n) is 22.0. The molecular weight excluding hydrogens is 704 g/mol. The van der Waals surface area contributed by atoms with Crippen molar-refractivity contribution in [1.29, 1.82) is 0 Å². The molecule has 196 valence electrons. The molecule has 3 nitrogen and oxygen atoms in total. The Hall–Kier alpha value is -3.30. The second-order valence-electron chi connectivity index (χ2n) is 9.11. The van der Waals surface area contributed by atoms with E-state index in [9.17, 15) is 0 Å². The summed E-state index contributed by atoms with van der Waals surface area (Å²) in [7, 11) is 4.05. The second kappa shape index (κ2) is 14.7. The molecule has 0 spiro atoms. The fourth-order valence-electron chi connectivity index (χ4n) is 4.13. The molecule has 0 atom stereocenters. The molecule has 0 unspecified atom stereocenters. The molecule has 0 amide bonds. The van der Waals surface area contributed by atoms with Crippen LogP contribution in [0.5, 0.6) is 0 Å². The number of anilines is 3. The first-order valence-corrected chi connectivity index (χ1v) is 12.5. The van der Waals surface area contributed by atoms with Crippen LogP contribution in [0.2, 0.25) is 0 Å². The van der Waals surface area contributed by atoms with Crippen molar-refractivity contribution in [2.75, 3.05) is 4.90 Å². The van der Waals surface area contributed by atoms with E-state index in [-0.39, 0.29) is 48.0 Å². The Labute approximate surface area is 265 Å². The average Bonchev–Trinajstić information content (AvgIpc) is 2.95. The van der Waals surface area contributed by atoms with Gasteiger partial charge in [0.25, 0.3) is 0 Å². The van der Waals surface area contributed by atoms with Gasteiger partial charge in [-0.15, -0.1) is 0 Å². The van der Waals surface area contributed by atoms with Crippen LogP contribution < -0.4 is 62.0 Å². The predicted octanol–water partition coefficient (Wildman–Crippen LogP) is 1.15. The quantitative estimate of drug-likeness (QED) is 0.181. The highest BCUT2D eigenvalue weighted by molar-refractivity contribution is 5.79. The molecule has 0 N–H and O–H groups in total. The molecule has 0 bridgehead atoms. The minimum atomic E-state index is 0. The van der Waals surface area contributed by atoms with E-state index < -0.39 is 0 Å². The zero-order valence-corrected chi connectivity index (χ0v) is 26.3. The number of aromatic nitrogens is 2. The van der Waals surface area contributed by atoms with Gasteiger partial charge in [-0.3, -0.25) is 0 Å². The summed E-state index contributed by atoms with van der Waals surface area (Å²) in [6.07, 6.45) is 16.8. The molecule has 2 aromatic heterocycles. The van der Waals surface area contributed by atoms with Crippen LogP contribution in [0.4, 0.5) is 17.1 Å². The molecule has 2 heterocycles. The van der Waals surface area contributed by atoms with E-state index in [1.807, 2.05) is 23.2 Å². The Bertz CT molecular complexity index is 1390. The van der Waals surface area contributed by atoms with E-state index >= 15 is 0 Å². The highest BCUT2D eigenvalue weighted by Crippen LogP contribution is 2.34. The Kier molecular flexibility index (Phi) is 11.4. The van der Waals surface area contributed by atoms with Crippen LogP contribution in [0.25, 0.3) is 24.3 Å². The van der Waals surface area contributed by atoms with E-state index in [1.54, 1.807) is 0 Å². The van der Waals surface area contributed by atoms with E-state index in [0.29, 0.717) is 0 Å². The molecule has 5 aromatic rings. The maximum atomic E-state index is 2.29. The first-order chi connectivity index (χ1) is 18.1. The third kappa shape index (κ3) is 8.34. The molecular formula is C34H31I2N3. The van der Waals surface area contributed by atoms with Crippen LogP contribution in [-0.2, 0) is 14.1 Å². The minimum Gasteiger partial charge on any atom is -1.00 e. The Balaban J connectivity index is 0.00000210. The summed E-state index contributed by atoms with van der Waals surface area (Å²) >= 11 is 0. The van der Waals surface area contributed by atoms with Crippen molar-refractivity contribution in [3.05, 3.63) is 150 Å². The molecule has 0 aliphatic carbocycles. The fourth-order valence-corrected chi connectivity index (χ4v) is 4.13. The molecule has 3 aromatic carbocycles. The number of hydrogen-bond acceptors (Lipinski definition) is 1. The molecule has 0 aliphatic heterocycles. The van der Waals surface area contributed by atoms with Crippen LogP contribution in [-0.4, -0.2) is 0 Å². The Morgan fingerprint density at radius 3 is 1.08 bits per heavy atom. The Morgan fingerprint density at radius 2 is 0.718 bits per heavy atom. The summed E-state index contributed by atoms with van der Waals surface area (Å²) in [5.41, 5.74) is 8.07. The summed E-state index contributed by atoms with van der Waals surface area (Å²) in [5.74, 6) is 0. The number of hydrogen-bond donors (Lipinski definition) is 0. The van der Waals surface area contributed by atoms with Gasteiger partial charge in [0, 0.05) is 41.3 Å². The number of pyridine rings is 2. The van der Waals surface area contributed by atoms with Crippen LogP contribution in [0, 0.1) is 0 Å². The lowest BCUT2D eigenvalue weighted by Crippen LogP contribution is -3.00. The lowest BCUT2D eigenvalue weighted by Gasteiger charge is -2.25. The predicted molar refractivity (Wildman–Crippen MR) is 154 cm³/mol. The van der Waals surface area contributed by atoms with E-state index in [4.69, 9.17) is 0 Å². The van der Waals surface area contributed by atoms with Crippen molar-refractivity contribution < 1.29 is 57.1 Å². The standard InChI is InChI=1S/C34H31N3.2HI/c1-35-24-20-30(21-25-35)10-8-28-12-16-33(17-13-28)37(32-6-4-3-5-7-32)34-18-14-29(15-19-34)9-11-31-22-26-36(2)27-23-31;;/h3-27H,1-2H3;2*1H/q+2;;/p-2. The van der Waals surface area contributed by atoms with Gasteiger partial charge in [0.2, 0.25) is 0 Å². The normalized spacial score (nSPS) is 10.7. The van der Waals surface area contributed by atoms with Crippen LogP contribution in [0.1, 0.15) is 22.3 Å². The van der Waals surface area contributed by atoms with Crippen molar-refractivity contribution >= 4 is 41.4 Å². The number of rotatable bonds is 7. The third-order valence-electron chi connectivity index (χ3n) is 6.26. The average molecular weight is 735 g/mol. The van der Waals surface area contributed by atoms with Gasteiger partial charge in [-0.2, -0.15) is 0 Å². The zero-order chi connectivity index (χ0) is 25.5. The van der Waals surface area contributed by atoms with Gasteiger partial charge in [-0.25, -0.2) is 9.13 Å². The first kappa shape index (κ1) is 30.2. The van der Waals surface area contributed by atoms with Crippen molar-refractivity contribution in [3.8, 4) is 0 Å². The molecule has 0 radical (unpaired) electrons. The van der Waals surface area contributed by atoms with Crippen molar-refractivity contribution in [1.82, 2.24) is 0 Å². The van der Waals surface area contributed by atoms with Gasteiger partial charge in [0.1, 0.15) is 14.1 Å². The number of aryl methyl sites for hydroxylation is 2. The first-order valence-electron chi connectivity index (χ1n) is 12.5. The monoisotopic (exact) mass is 735 g/mol. The minimum absolute atomic E-state index is 0. The molecule has 39 heavy (non-hydrogen) atoms. The van der Waals surface area contributed by atoms with Gasteiger partial charge in [0.05, 0.1) is 0 Å². The van der Waals surface area contributed by atoms with E-state index in [2.05, 4.69) is 157 Å². The summed E-state index contributed by atoms with van der Waals surface area (Å²) in [6.45, 7) is 0. The van der Waals surface area contributed by atoms with Crippen molar-refractivity contribution in [3.63, 3.8) is 0 Å². The summed E-state index contributed by atoms with van der Waals surface area (Å²) < 4.78 is 4.08. The topological polar surface area (TPSA) is 11.0 Å². The van der Waals surface area contributed by atoms with Gasteiger partial charge in [-0.1, -0.05) is 66.8 Å². The lowest BCUT2D eigenvalue weighted by molar-refractivity contribution is -0.671. The van der Waals surface area contributed by atoms with E-state index in [0.717, 1.165) is 17.1 Å². The molecule has 0 fully saturated rings. The number of halogens is 2. The Morgan fingerprint density at radius 1 is 0.410 bits per heavy atom. The smallest absolute Gasteiger partial charge is 0.169 e. The van der Waals surface area contributed by atoms with Crippen molar-refractivity contribution in [2.45, 2.75) is 0 Å². The fraction of sp³-hybridized carbons (Fsp3) is 0.0588. The molecule has 0 saturated carbocycles. The van der Waals surface area contributed by atoms with Crippen LogP contribution >= 0.6 is 0 Å². The molecule has 5 rings (SSSR count). The number of nitrogens with zero attached hydrogens (tertiary/aromatic N) is 3. The maximum absolute atomic E-state index is 2.29. The highest BCUT2D eigenvalue weighted by Gasteiger charge is 2.11. The number of para-hydroxylation sites is 1. The summed E-state index contributed by atoms with van der Waals surface area (Å²) in [4.78, 5) is 2.29. The van der Waals surface area contributed by atoms with Gasteiger partial charge < -0.3 is 52.9 Å². The third-order valence-corrected chi connectivity index (χ3v) is 6.26. The summed E-state index contributed by atoms with van der Waals surface area (Å²) in [5, 5.41) is 0. The van der Waals surface area contributed by atoms with Crippen LogP contribution in [0.15, 0.2) is 128 Å². The lowest BCUT2D eigenvalue weighted by atomic mass is 10.1. The van der Waals surface area contributed by atoms with E-state index in [1.165, 1.54) is 22.3 Å². The SMILES string of the molecule is C[n+]1ccc(/C=C/c2ccc(N(c3ccccc3)c3ccc(/C=C/c4cc[n+](C)cc4)cc3)cc2)cc1.[I-].[I-]. The van der Waals surface area contributed by atoms with Gasteiger partial charge in [0.15, 0.2) is 24.8 Å². The number of benzene rings is 3. The highest BCUT2D eigenvalue weighted by atomic mass is 127. The summed E-state index contributed by atoms with van der Waals surface area (Å²) in [6, 6.07) is 36.3. The molecule has 5 heteroatoms. The molecule has 0 saturated heterocycles. The van der Waals surface area contributed by atoms with Gasteiger partial charge in [-0.05, 0) is 58.7 Å². The molecule has 0 aliphatic rings. The van der Waals surface area contributed by atoms with Gasteiger partial charge >= 0.3 is 0 Å². The second-order valence-corrected chi connectivity index (χ2v) is 9.11. The van der Waals surface area contributed by atoms with Crippen molar-refractivity contribution in [2.24, 2.45) is 14.1 Å². The maximum Gasteiger partial charge on any atom is 0.169 e. The largest absolute Gasteiger partial charge is 1.00 e. The van der Waals surface area contributed by atoms with Crippen LogP contribution in [0.3, 0.4) is 0 Å².